The molecule has 3 nitrogen and oxygen atoms in total. The van der Waals surface area contributed by atoms with Crippen LogP contribution in [-0.4, -0.2) is 17.8 Å². The lowest BCUT2D eigenvalue weighted by Gasteiger charge is -2.26. The lowest BCUT2D eigenvalue weighted by atomic mass is 10.1. The van der Waals surface area contributed by atoms with Gasteiger partial charge in [0.25, 0.3) is 0 Å². The summed E-state index contributed by atoms with van der Waals surface area (Å²) in [5.41, 5.74) is 8.54. The fourth-order valence-corrected chi connectivity index (χ4v) is 2.61. The highest BCUT2D eigenvalue weighted by Crippen LogP contribution is 2.27. The van der Waals surface area contributed by atoms with Crippen molar-refractivity contribution in [1.82, 2.24) is 4.90 Å². The Morgan fingerprint density at radius 2 is 1.95 bits per heavy atom. The van der Waals surface area contributed by atoms with E-state index in [1.807, 2.05) is 42.5 Å². The Morgan fingerprint density at radius 3 is 2.62 bits per heavy atom. The van der Waals surface area contributed by atoms with Gasteiger partial charge in [-0.2, -0.15) is 0 Å². The predicted molar refractivity (Wildman–Crippen MR) is 88.8 cm³/mol. The molecule has 2 aromatic carbocycles. The topological polar surface area (TPSA) is 53.1 Å². The molecule has 0 saturated carbocycles. The minimum absolute atomic E-state index is 0.0960. The molecular formula is C17H20ClN3. The number of hydrogen-bond acceptors (Lipinski definition) is 2. The summed E-state index contributed by atoms with van der Waals surface area (Å²) < 4.78 is 0. The fraction of sp³-hybridized carbons (Fsp3) is 0.235. The predicted octanol–water partition coefficient (Wildman–Crippen LogP) is 3.82. The van der Waals surface area contributed by atoms with Crippen LogP contribution in [0.4, 0.5) is 0 Å². The van der Waals surface area contributed by atoms with E-state index in [9.17, 15) is 0 Å². The van der Waals surface area contributed by atoms with Gasteiger partial charge in [0.15, 0.2) is 0 Å². The maximum Gasteiger partial charge on any atom is 0.122 e. The smallest absolute Gasteiger partial charge is 0.122 e. The third-order valence-electron chi connectivity index (χ3n) is 3.69. The van der Waals surface area contributed by atoms with Gasteiger partial charge in [-0.05, 0) is 37.2 Å². The molecule has 21 heavy (non-hydrogen) atoms. The van der Waals surface area contributed by atoms with E-state index in [0.717, 1.165) is 28.3 Å². The summed E-state index contributed by atoms with van der Waals surface area (Å²) in [6.45, 7) is 2.91. The molecule has 0 saturated heterocycles. The molecule has 0 radical (unpaired) electrons. The molecule has 110 valence electrons. The Morgan fingerprint density at radius 1 is 1.24 bits per heavy atom. The van der Waals surface area contributed by atoms with Gasteiger partial charge in [-0.25, -0.2) is 0 Å². The summed E-state index contributed by atoms with van der Waals surface area (Å²) in [5.74, 6) is 0.0960. The van der Waals surface area contributed by atoms with Gasteiger partial charge in [0, 0.05) is 23.2 Å². The van der Waals surface area contributed by atoms with Crippen LogP contribution in [0.25, 0.3) is 0 Å². The maximum atomic E-state index is 7.51. The Balaban J connectivity index is 2.14. The van der Waals surface area contributed by atoms with Gasteiger partial charge in [-0.3, -0.25) is 10.3 Å². The maximum absolute atomic E-state index is 7.51. The molecule has 0 aliphatic heterocycles. The first-order valence-electron chi connectivity index (χ1n) is 6.87. The first kappa shape index (κ1) is 15.5. The van der Waals surface area contributed by atoms with Crippen molar-refractivity contribution in [3.8, 4) is 0 Å². The largest absolute Gasteiger partial charge is 0.384 e. The van der Waals surface area contributed by atoms with Gasteiger partial charge in [0.2, 0.25) is 0 Å². The molecule has 0 bridgehead atoms. The molecule has 2 aromatic rings. The van der Waals surface area contributed by atoms with Gasteiger partial charge in [-0.1, -0.05) is 48.0 Å². The van der Waals surface area contributed by atoms with E-state index in [1.165, 1.54) is 0 Å². The van der Waals surface area contributed by atoms with Crippen molar-refractivity contribution in [2.75, 3.05) is 7.05 Å². The van der Waals surface area contributed by atoms with Crippen molar-refractivity contribution in [2.24, 2.45) is 5.73 Å². The molecule has 0 amide bonds. The quantitative estimate of drug-likeness (QED) is 0.651. The Bertz CT molecular complexity index is 639. The minimum Gasteiger partial charge on any atom is -0.384 e. The zero-order valence-electron chi connectivity index (χ0n) is 12.3. The van der Waals surface area contributed by atoms with Crippen LogP contribution in [-0.2, 0) is 6.54 Å². The summed E-state index contributed by atoms with van der Waals surface area (Å²) in [6, 6.07) is 15.9. The van der Waals surface area contributed by atoms with Crippen molar-refractivity contribution in [3.05, 3.63) is 70.2 Å². The second-order valence-corrected chi connectivity index (χ2v) is 5.63. The summed E-state index contributed by atoms with van der Waals surface area (Å²) in [5, 5.41) is 8.29. The molecule has 2 rings (SSSR count). The monoisotopic (exact) mass is 301 g/mol. The van der Waals surface area contributed by atoms with Crippen LogP contribution >= 0.6 is 11.6 Å². The Hall–Kier alpha value is -1.84. The third kappa shape index (κ3) is 3.84. The second kappa shape index (κ2) is 6.74. The summed E-state index contributed by atoms with van der Waals surface area (Å²) in [6.07, 6.45) is 0. The zero-order chi connectivity index (χ0) is 15.4. The van der Waals surface area contributed by atoms with E-state index in [-0.39, 0.29) is 11.9 Å². The average molecular weight is 302 g/mol. The van der Waals surface area contributed by atoms with E-state index in [0.29, 0.717) is 0 Å². The van der Waals surface area contributed by atoms with E-state index in [2.05, 4.69) is 24.9 Å². The lowest BCUT2D eigenvalue weighted by molar-refractivity contribution is 0.253. The van der Waals surface area contributed by atoms with Crippen LogP contribution in [0.2, 0.25) is 5.02 Å². The van der Waals surface area contributed by atoms with E-state index in [1.54, 1.807) is 0 Å². The number of nitrogens with two attached hydrogens (primary N) is 1. The molecule has 0 aromatic heterocycles. The summed E-state index contributed by atoms with van der Waals surface area (Å²) in [4.78, 5) is 2.22. The second-order valence-electron chi connectivity index (χ2n) is 5.23. The van der Waals surface area contributed by atoms with Gasteiger partial charge in [-0.15, -0.1) is 0 Å². The van der Waals surface area contributed by atoms with Gasteiger partial charge >= 0.3 is 0 Å². The van der Waals surface area contributed by atoms with Crippen LogP contribution in [0.1, 0.15) is 29.7 Å². The first-order valence-corrected chi connectivity index (χ1v) is 7.25. The van der Waals surface area contributed by atoms with E-state index in [4.69, 9.17) is 22.7 Å². The standard InChI is InChI=1S/C17H20ClN3/c1-12(15-8-3-4-9-16(15)18)21(2)11-13-6-5-7-14(10-13)17(19)20/h3-10,12H,11H2,1-2H3,(H3,19,20). The number of amidine groups is 1. The number of nitrogens with zero attached hydrogens (tertiary/aromatic N) is 1. The molecule has 3 N–H and O–H groups in total. The van der Waals surface area contributed by atoms with Crippen molar-refractivity contribution < 1.29 is 0 Å². The highest BCUT2D eigenvalue weighted by molar-refractivity contribution is 6.31. The van der Waals surface area contributed by atoms with Crippen LogP contribution in [0.15, 0.2) is 48.5 Å². The molecule has 0 aliphatic rings. The van der Waals surface area contributed by atoms with Gasteiger partial charge in [0.05, 0.1) is 0 Å². The number of nitrogens with one attached hydrogen (secondary N) is 1. The summed E-state index contributed by atoms with van der Waals surface area (Å²) >= 11 is 6.26. The van der Waals surface area contributed by atoms with Crippen LogP contribution in [0, 0.1) is 5.41 Å². The Kier molecular flexibility index (Phi) is 4.99. The normalized spacial score (nSPS) is 12.4. The lowest BCUT2D eigenvalue weighted by Crippen LogP contribution is -2.22. The SMILES string of the molecule is CC(c1ccccc1Cl)N(C)Cc1cccc(C(=N)N)c1. The van der Waals surface area contributed by atoms with Crippen LogP contribution < -0.4 is 5.73 Å². The summed E-state index contributed by atoms with van der Waals surface area (Å²) in [7, 11) is 2.06. The number of benzene rings is 2. The number of rotatable bonds is 5. The minimum atomic E-state index is 0.0960. The molecule has 1 atom stereocenters. The fourth-order valence-electron chi connectivity index (χ4n) is 2.31. The van der Waals surface area contributed by atoms with Gasteiger partial charge in [0.1, 0.15) is 5.84 Å². The van der Waals surface area contributed by atoms with E-state index >= 15 is 0 Å². The van der Waals surface area contributed by atoms with Crippen molar-refractivity contribution >= 4 is 17.4 Å². The number of hydrogen-bond donors (Lipinski definition) is 2. The molecule has 0 aliphatic carbocycles. The zero-order valence-corrected chi connectivity index (χ0v) is 13.1. The Labute approximate surface area is 130 Å². The number of nitrogen functional groups attached to an aromatic ring is 1. The molecule has 4 heteroatoms. The molecule has 0 heterocycles. The molecule has 0 spiro atoms. The van der Waals surface area contributed by atoms with Crippen molar-refractivity contribution in [3.63, 3.8) is 0 Å². The number of halogens is 1. The average Bonchev–Trinajstić information content (AvgIpc) is 2.47. The van der Waals surface area contributed by atoms with Crippen molar-refractivity contribution in [2.45, 2.75) is 19.5 Å². The van der Waals surface area contributed by atoms with Crippen LogP contribution in [0.5, 0.6) is 0 Å². The molecular weight excluding hydrogens is 282 g/mol. The molecule has 1 unspecified atom stereocenters. The molecule has 0 fully saturated rings. The van der Waals surface area contributed by atoms with E-state index < -0.39 is 0 Å². The van der Waals surface area contributed by atoms with Gasteiger partial charge < -0.3 is 5.73 Å². The third-order valence-corrected chi connectivity index (χ3v) is 4.03. The first-order chi connectivity index (χ1) is 9.99. The highest BCUT2D eigenvalue weighted by Gasteiger charge is 2.14. The highest BCUT2D eigenvalue weighted by atomic mass is 35.5. The van der Waals surface area contributed by atoms with Crippen LogP contribution in [0.3, 0.4) is 0 Å². The van der Waals surface area contributed by atoms with Crippen molar-refractivity contribution in [1.29, 1.82) is 5.41 Å².